The molecular weight excluding hydrogens is 372 g/mol. The van der Waals surface area contributed by atoms with Gasteiger partial charge in [-0.05, 0) is 48.6 Å². The van der Waals surface area contributed by atoms with E-state index >= 15 is 0 Å². The summed E-state index contributed by atoms with van der Waals surface area (Å²) in [7, 11) is 0. The van der Waals surface area contributed by atoms with Gasteiger partial charge in [-0.15, -0.1) is 11.3 Å². The van der Waals surface area contributed by atoms with Gasteiger partial charge in [0.25, 0.3) is 0 Å². The summed E-state index contributed by atoms with van der Waals surface area (Å²) in [6, 6.07) is 5.90. The molecule has 0 saturated carbocycles. The van der Waals surface area contributed by atoms with Crippen molar-refractivity contribution in [1.82, 2.24) is 9.97 Å². The molecule has 2 heterocycles. The lowest BCUT2D eigenvalue weighted by molar-refractivity contribution is 0.296. The standard InChI is InChI=1S/C15H12BrClN2OS/c1-8-5-10(6-9(2)13(8)16)20-7-12-18-14(17)11-3-4-21-15(11)19-12/h3-6H,7H2,1-2H3. The molecule has 0 atom stereocenters. The van der Waals surface area contributed by atoms with Crippen LogP contribution in [0.25, 0.3) is 10.2 Å². The first-order valence-electron chi connectivity index (χ1n) is 6.34. The molecular formula is C15H12BrClN2OS. The van der Waals surface area contributed by atoms with E-state index in [1.54, 1.807) is 11.3 Å². The van der Waals surface area contributed by atoms with E-state index in [9.17, 15) is 0 Å². The third-order valence-corrected chi connectivity index (χ3v) is 5.45. The summed E-state index contributed by atoms with van der Waals surface area (Å²) < 4.78 is 6.90. The van der Waals surface area contributed by atoms with Crippen LogP contribution in [0.2, 0.25) is 5.15 Å². The van der Waals surface area contributed by atoms with E-state index in [2.05, 4.69) is 25.9 Å². The van der Waals surface area contributed by atoms with E-state index < -0.39 is 0 Å². The van der Waals surface area contributed by atoms with E-state index in [1.807, 2.05) is 37.4 Å². The van der Waals surface area contributed by atoms with Crippen LogP contribution in [0.1, 0.15) is 17.0 Å². The first-order chi connectivity index (χ1) is 10.0. The van der Waals surface area contributed by atoms with Crippen LogP contribution in [0, 0.1) is 13.8 Å². The molecule has 0 aliphatic carbocycles. The van der Waals surface area contributed by atoms with Crippen LogP contribution >= 0.6 is 38.9 Å². The summed E-state index contributed by atoms with van der Waals surface area (Å²) >= 11 is 11.2. The van der Waals surface area contributed by atoms with Gasteiger partial charge in [0.15, 0.2) is 5.82 Å². The summed E-state index contributed by atoms with van der Waals surface area (Å²) in [5, 5.41) is 3.32. The van der Waals surface area contributed by atoms with Gasteiger partial charge in [-0.2, -0.15) is 0 Å². The Balaban J connectivity index is 1.83. The predicted octanol–water partition coefficient (Wildman–Crippen LogP) is 5.30. The van der Waals surface area contributed by atoms with E-state index in [-0.39, 0.29) is 0 Å². The van der Waals surface area contributed by atoms with Gasteiger partial charge >= 0.3 is 0 Å². The van der Waals surface area contributed by atoms with Crippen LogP contribution in [0.15, 0.2) is 28.1 Å². The Labute approximate surface area is 140 Å². The number of nitrogens with zero attached hydrogens (tertiary/aromatic N) is 2. The number of aromatic nitrogens is 2. The summed E-state index contributed by atoms with van der Waals surface area (Å²) in [6.45, 7) is 4.37. The van der Waals surface area contributed by atoms with Crippen molar-refractivity contribution < 1.29 is 4.74 Å². The Morgan fingerprint density at radius 2 is 1.95 bits per heavy atom. The minimum Gasteiger partial charge on any atom is -0.486 e. The second kappa shape index (κ2) is 5.91. The largest absolute Gasteiger partial charge is 0.486 e. The molecule has 0 spiro atoms. The normalized spacial score (nSPS) is 11.0. The smallest absolute Gasteiger partial charge is 0.169 e. The average molecular weight is 384 g/mol. The topological polar surface area (TPSA) is 35.0 Å². The van der Waals surface area contributed by atoms with E-state index in [4.69, 9.17) is 16.3 Å². The maximum absolute atomic E-state index is 6.15. The summed E-state index contributed by atoms with van der Waals surface area (Å²) in [5.41, 5.74) is 2.27. The first-order valence-corrected chi connectivity index (χ1v) is 8.39. The van der Waals surface area contributed by atoms with Gasteiger partial charge in [-0.25, -0.2) is 9.97 Å². The molecule has 1 aromatic carbocycles. The zero-order valence-corrected chi connectivity index (χ0v) is 14.6. The van der Waals surface area contributed by atoms with Gasteiger partial charge < -0.3 is 4.74 Å². The molecule has 0 unspecified atom stereocenters. The number of thiophene rings is 1. The van der Waals surface area contributed by atoms with Crippen molar-refractivity contribution in [2.75, 3.05) is 0 Å². The highest BCUT2D eigenvalue weighted by Crippen LogP contribution is 2.28. The Bertz CT molecular complexity index is 796. The number of fused-ring (bicyclic) bond motifs is 1. The summed E-state index contributed by atoms with van der Waals surface area (Å²) in [5.74, 6) is 1.40. The van der Waals surface area contributed by atoms with Gasteiger partial charge in [0.1, 0.15) is 22.3 Å². The minimum absolute atomic E-state index is 0.300. The van der Waals surface area contributed by atoms with Gasteiger partial charge in [-0.3, -0.25) is 0 Å². The summed E-state index contributed by atoms with van der Waals surface area (Å²) in [6.07, 6.45) is 0. The van der Waals surface area contributed by atoms with Crippen LogP contribution < -0.4 is 4.74 Å². The SMILES string of the molecule is Cc1cc(OCc2nc(Cl)c3ccsc3n2)cc(C)c1Br. The third kappa shape index (κ3) is 3.05. The van der Waals surface area contributed by atoms with Crippen molar-refractivity contribution in [3.63, 3.8) is 0 Å². The highest BCUT2D eigenvalue weighted by Gasteiger charge is 2.09. The zero-order chi connectivity index (χ0) is 15.0. The summed E-state index contributed by atoms with van der Waals surface area (Å²) in [4.78, 5) is 9.63. The van der Waals surface area contributed by atoms with Crippen molar-refractivity contribution in [2.45, 2.75) is 20.5 Å². The minimum atomic E-state index is 0.300. The highest BCUT2D eigenvalue weighted by molar-refractivity contribution is 9.10. The van der Waals surface area contributed by atoms with E-state index in [0.717, 1.165) is 31.6 Å². The van der Waals surface area contributed by atoms with Gasteiger partial charge in [0.2, 0.25) is 0 Å². The number of hydrogen-bond acceptors (Lipinski definition) is 4. The Morgan fingerprint density at radius 3 is 2.67 bits per heavy atom. The monoisotopic (exact) mass is 382 g/mol. The molecule has 0 N–H and O–H groups in total. The molecule has 2 aromatic heterocycles. The molecule has 6 heteroatoms. The third-order valence-electron chi connectivity index (χ3n) is 3.10. The number of hydrogen-bond donors (Lipinski definition) is 0. The van der Waals surface area contributed by atoms with E-state index in [0.29, 0.717) is 17.6 Å². The fourth-order valence-corrected chi connectivity index (χ4v) is 3.38. The second-order valence-electron chi connectivity index (χ2n) is 4.73. The number of halogens is 2. The molecule has 3 aromatic rings. The highest BCUT2D eigenvalue weighted by atomic mass is 79.9. The molecule has 0 radical (unpaired) electrons. The molecule has 0 aliphatic heterocycles. The number of benzene rings is 1. The molecule has 3 nitrogen and oxygen atoms in total. The molecule has 108 valence electrons. The lowest BCUT2D eigenvalue weighted by atomic mass is 10.1. The van der Waals surface area contributed by atoms with Crippen LogP contribution in [0.5, 0.6) is 5.75 Å². The van der Waals surface area contributed by atoms with Crippen LogP contribution in [0.3, 0.4) is 0 Å². The Kier molecular flexibility index (Phi) is 4.15. The maximum Gasteiger partial charge on any atom is 0.169 e. The maximum atomic E-state index is 6.15. The van der Waals surface area contributed by atoms with Crippen LogP contribution in [0.4, 0.5) is 0 Å². The van der Waals surface area contributed by atoms with Crippen molar-refractivity contribution in [1.29, 1.82) is 0 Å². The second-order valence-corrected chi connectivity index (χ2v) is 6.78. The molecule has 3 rings (SSSR count). The van der Waals surface area contributed by atoms with Crippen molar-refractivity contribution in [2.24, 2.45) is 0 Å². The fraction of sp³-hybridized carbons (Fsp3) is 0.200. The lowest BCUT2D eigenvalue weighted by Gasteiger charge is -2.09. The van der Waals surface area contributed by atoms with E-state index in [1.165, 1.54) is 0 Å². The van der Waals surface area contributed by atoms with Crippen LogP contribution in [-0.2, 0) is 6.61 Å². The fourth-order valence-electron chi connectivity index (χ4n) is 2.06. The van der Waals surface area contributed by atoms with Crippen molar-refractivity contribution in [3.05, 3.63) is 50.2 Å². The first kappa shape index (κ1) is 14.8. The van der Waals surface area contributed by atoms with Gasteiger partial charge in [0.05, 0.1) is 0 Å². The predicted molar refractivity (Wildman–Crippen MR) is 90.4 cm³/mol. The molecule has 0 bridgehead atoms. The molecule has 21 heavy (non-hydrogen) atoms. The average Bonchev–Trinajstić information content (AvgIpc) is 2.91. The molecule has 0 saturated heterocycles. The van der Waals surface area contributed by atoms with Gasteiger partial charge in [-0.1, -0.05) is 27.5 Å². The molecule has 0 fully saturated rings. The Morgan fingerprint density at radius 1 is 1.24 bits per heavy atom. The Hall–Kier alpha value is -1.17. The van der Waals surface area contributed by atoms with Crippen LogP contribution in [-0.4, -0.2) is 9.97 Å². The van der Waals surface area contributed by atoms with Gasteiger partial charge in [0, 0.05) is 9.86 Å². The number of ether oxygens (including phenoxy) is 1. The molecule has 0 aliphatic rings. The quantitative estimate of drug-likeness (QED) is 0.575. The number of aryl methyl sites for hydroxylation is 2. The lowest BCUT2D eigenvalue weighted by Crippen LogP contribution is -2.02. The van der Waals surface area contributed by atoms with Crippen molar-refractivity contribution >= 4 is 49.1 Å². The number of rotatable bonds is 3. The molecule has 0 amide bonds. The zero-order valence-electron chi connectivity index (χ0n) is 11.5. The van der Waals surface area contributed by atoms with Crippen molar-refractivity contribution in [3.8, 4) is 5.75 Å².